The molecule has 0 aliphatic rings. The number of fused-ring (bicyclic) bond motifs is 1. The third-order valence-electron chi connectivity index (χ3n) is 2.13. The van der Waals surface area contributed by atoms with E-state index in [-0.39, 0.29) is 0 Å². The Hall–Kier alpha value is -2.28. The molecule has 74 valence electrons. The van der Waals surface area contributed by atoms with Gasteiger partial charge in [-0.2, -0.15) is 5.26 Å². The average Bonchev–Trinajstić information content (AvgIpc) is 2.59. The average molecular weight is 198 g/mol. The minimum absolute atomic E-state index is 0.554. The fraction of sp³-hybridized carbons (Fsp3) is 0.0909. The number of nitrogens with zero attached hydrogens (tertiary/aromatic N) is 3. The minimum atomic E-state index is 0.554. The number of imidazole rings is 1. The second kappa shape index (κ2) is 3.84. The van der Waals surface area contributed by atoms with Crippen LogP contribution in [0.2, 0.25) is 0 Å². The van der Waals surface area contributed by atoms with Gasteiger partial charge < -0.3 is 4.57 Å². The van der Waals surface area contributed by atoms with Gasteiger partial charge in [-0.15, -0.1) is 6.58 Å². The van der Waals surface area contributed by atoms with Crippen molar-refractivity contribution in [1.82, 2.24) is 9.55 Å². The quantitative estimate of drug-likeness (QED) is 0.467. The van der Waals surface area contributed by atoms with E-state index in [0.717, 1.165) is 11.0 Å². The molecule has 0 spiro atoms. The van der Waals surface area contributed by atoms with Gasteiger partial charge in [0.2, 0.25) is 5.95 Å². The number of benzene rings is 1. The van der Waals surface area contributed by atoms with E-state index in [9.17, 15) is 0 Å². The van der Waals surface area contributed by atoms with Crippen molar-refractivity contribution in [2.24, 2.45) is 0 Å². The van der Waals surface area contributed by atoms with Crippen LogP contribution in [0, 0.1) is 11.5 Å². The predicted octanol–water partition coefficient (Wildman–Crippen LogP) is 2.12. The van der Waals surface area contributed by atoms with E-state index in [1.165, 1.54) is 0 Å². The van der Waals surface area contributed by atoms with Crippen LogP contribution in [-0.2, 0) is 6.54 Å². The molecular weight excluding hydrogens is 188 g/mol. The number of hydrogen-bond acceptors (Lipinski definition) is 3. The van der Waals surface area contributed by atoms with E-state index in [1.54, 1.807) is 6.08 Å². The van der Waals surface area contributed by atoms with Crippen molar-refractivity contribution in [2.45, 2.75) is 6.54 Å². The van der Waals surface area contributed by atoms with Crippen molar-refractivity contribution in [1.29, 1.82) is 5.26 Å². The van der Waals surface area contributed by atoms with Crippen molar-refractivity contribution < 1.29 is 0 Å². The zero-order chi connectivity index (χ0) is 10.7. The molecule has 1 aromatic carbocycles. The van der Waals surface area contributed by atoms with E-state index >= 15 is 0 Å². The summed E-state index contributed by atoms with van der Waals surface area (Å²) in [6.07, 6.45) is 3.65. The Morgan fingerprint density at radius 2 is 2.33 bits per heavy atom. The number of para-hydroxylation sites is 2. The largest absolute Gasteiger partial charge is 0.306 e. The van der Waals surface area contributed by atoms with Crippen molar-refractivity contribution in [3.8, 4) is 6.19 Å². The van der Waals surface area contributed by atoms with Gasteiger partial charge in [-0.05, 0) is 12.1 Å². The Bertz CT molecular complexity index is 533. The topological polar surface area (TPSA) is 53.6 Å². The zero-order valence-corrected chi connectivity index (χ0v) is 8.14. The van der Waals surface area contributed by atoms with Gasteiger partial charge in [0.05, 0.1) is 11.0 Å². The maximum atomic E-state index is 8.60. The zero-order valence-electron chi connectivity index (χ0n) is 8.14. The minimum Gasteiger partial charge on any atom is -0.306 e. The second-order valence-corrected chi connectivity index (χ2v) is 3.06. The van der Waals surface area contributed by atoms with E-state index in [4.69, 9.17) is 5.26 Å². The molecule has 15 heavy (non-hydrogen) atoms. The van der Waals surface area contributed by atoms with Crippen molar-refractivity contribution in [3.63, 3.8) is 0 Å². The molecule has 4 nitrogen and oxygen atoms in total. The van der Waals surface area contributed by atoms with Gasteiger partial charge >= 0.3 is 0 Å². The molecule has 0 amide bonds. The van der Waals surface area contributed by atoms with Gasteiger partial charge in [-0.25, -0.2) is 4.98 Å². The molecular formula is C11H10N4. The van der Waals surface area contributed by atoms with Gasteiger partial charge in [0.25, 0.3) is 0 Å². The lowest BCUT2D eigenvalue weighted by Gasteiger charge is -2.02. The van der Waals surface area contributed by atoms with Gasteiger partial charge in [0.1, 0.15) is 0 Å². The second-order valence-electron chi connectivity index (χ2n) is 3.06. The van der Waals surface area contributed by atoms with Crippen LogP contribution in [0.4, 0.5) is 5.95 Å². The summed E-state index contributed by atoms with van der Waals surface area (Å²) in [5.74, 6) is 0.554. The lowest BCUT2D eigenvalue weighted by Crippen LogP contribution is -2.01. The molecule has 0 bridgehead atoms. The first kappa shape index (κ1) is 9.28. The van der Waals surface area contributed by atoms with Crippen LogP contribution in [0.1, 0.15) is 0 Å². The van der Waals surface area contributed by atoms with Crippen LogP contribution in [0.25, 0.3) is 11.0 Å². The van der Waals surface area contributed by atoms with Crippen molar-refractivity contribution >= 4 is 17.0 Å². The lowest BCUT2D eigenvalue weighted by molar-refractivity contribution is 0.862. The number of aromatic nitrogens is 2. The van der Waals surface area contributed by atoms with Crippen LogP contribution >= 0.6 is 0 Å². The Morgan fingerprint density at radius 1 is 1.53 bits per heavy atom. The van der Waals surface area contributed by atoms with Crippen LogP contribution in [0.5, 0.6) is 0 Å². The molecule has 2 rings (SSSR count). The molecule has 0 unspecified atom stereocenters. The molecule has 0 saturated carbocycles. The molecule has 0 aliphatic carbocycles. The fourth-order valence-corrected chi connectivity index (χ4v) is 1.53. The standard InChI is InChI=1S/C11H10N4/c1-2-7-15-10-6-4-3-5-9(10)14-11(15)13-8-12/h2-6H,1,7H2,(H,13,14). The van der Waals surface area contributed by atoms with Crippen molar-refractivity contribution in [3.05, 3.63) is 36.9 Å². The summed E-state index contributed by atoms with van der Waals surface area (Å²) in [5, 5.41) is 11.2. The lowest BCUT2D eigenvalue weighted by atomic mass is 10.3. The monoisotopic (exact) mass is 198 g/mol. The highest BCUT2D eigenvalue weighted by molar-refractivity contribution is 5.78. The summed E-state index contributed by atoms with van der Waals surface area (Å²) >= 11 is 0. The first-order valence-corrected chi connectivity index (χ1v) is 4.58. The Labute approximate surface area is 87.5 Å². The van der Waals surface area contributed by atoms with Crippen molar-refractivity contribution in [2.75, 3.05) is 5.32 Å². The third-order valence-corrected chi connectivity index (χ3v) is 2.13. The molecule has 4 heteroatoms. The summed E-state index contributed by atoms with van der Waals surface area (Å²) in [6, 6.07) is 7.75. The number of allylic oxidation sites excluding steroid dienone is 1. The molecule has 2 aromatic rings. The smallest absolute Gasteiger partial charge is 0.217 e. The first-order valence-electron chi connectivity index (χ1n) is 4.58. The fourth-order valence-electron chi connectivity index (χ4n) is 1.53. The Balaban J connectivity index is 2.64. The summed E-state index contributed by atoms with van der Waals surface area (Å²) in [6.45, 7) is 4.31. The Morgan fingerprint density at radius 3 is 3.07 bits per heavy atom. The Kier molecular flexibility index (Phi) is 2.38. The number of rotatable bonds is 3. The van der Waals surface area contributed by atoms with Gasteiger partial charge in [0, 0.05) is 6.54 Å². The van der Waals surface area contributed by atoms with Crippen LogP contribution in [-0.4, -0.2) is 9.55 Å². The first-order chi connectivity index (χ1) is 7.36. The summed E-state index contributed by atoms with van der Waals surface area (Å²) in [5.41, 5.74) is 1.87. The number of nitriles is 1. The van der Waals surface area contributed by atoms with Crippen LogP contribution < -0.4 is 5.32 Å². The summed E-state index contributed by atoms with van der Waals surface area (Å²) in [4.78, 5) is 4.30. The maximum Gasteiger partial charge on any atom is 0.217 e. The molecule has 0 fully saturated rings. The highest BCUT2D eigenvalue weighted by atomic mass is 15.2. The van der Waals surface area contributed by atoms with E-state index in [0.29, 0.717) is 12.5 Å². The van der Waals surface area contributed by atoms with Gasteiger partial charge in [0.15, 0.2) is 6.19 Å². The van der Waals surface area contributed by atoms with E-state index in [1.807, 2.05) is 35.0 Å². The van der Waals surface area contributed by atoms with E-state index in [2.05, 4.69) is 16.9 Å². The predicted molar refractivity (Wildman–Crippen MR) is 59.2 cm³/mol. The molecule has 1 heterocycles. The highest BCUT2D eigenvalue weighted by Gasteiger charge is 2.07. The molecule has 1 N–H and O–H groups in total. The number of anilines is 1. The van der Waals surface area contributed by atoms with Gasteiger partial charge in [-0.1, -0.05) is 18.2 Å². The van der Waals surface area contributed by atoms with Gasteiger partial charge in [-0.3, -0.25) is 5.32 Å². The SMILES string of the molecule is C=CCn1c(NC#N)nc2ccccc21. The summed E-state index contributed by atoms with van der Waals surface area (Å²) < 4.78 is 1.91. The molecule has 0 aliphatic heterocycles. The normalized spacial score (nSPS) is 9.80. The number of nitrogens with one attached hydrogen (secondary N) is 1. The molecule has 0 atom stereocenters. The number of hydrogen-bond donors (Lipinski definition) is 1. The highest BCUT2D eigenvalue weighted by Crippen LogP contribution is 2.18. The maximum absolute atomic E-state index is 8.60. The summed E-state index contributed by atoms with van der Waals surface area (Å²) in [7, 11) is 0. The van der Waals surface area contributed by atoms with Crippen LogP contribution in [0.3, 0.4) is 0 Å². The van der Waals surface area contributed by atoms with E-state index < -0.39 is 0 Å². The third kappa shape index (κ3) is 1.55. The molecule has 1 aromatic heterocycles. The molecule has 0 radical (unpaired) electrons. The molecule has 0 saturated heterocycles. The van der Waals surface area contributed by atoms with Crippen LogP contribution in [0.15, 0.2) is 36.9 Å².